The van der Waals surface area contributed by atoms with Gasteiger partial charge >= 0.3 is 6.18 Å². The molecule has 0 amide bonds. The third-order valence-corrected chi connectivity index (χ3v) is 7.75. The van der Waals surface area contributed by atoms with E-state index in [0.29, 0.717) is 5.69 Å². The molecule has 33 heavy (non-hydrogen) atoms. The lowest BCUT2D eigenvalue weighted by atomic mass is 9.69. The number of piperazine rings is 1. The van der Waals surface area contributed by atoms with Crippen LogP contribution in [0.25, 0.3) is 0 Å². The average Bonchev–Trinajstić information content (AvgIpc) is 2.95. The smallest absolute Gasteiger partial charge is 0.304 e. The van der Waals surface area contributed by atoms with Gasteiger partial charge < -0.3 is 4.90 Å². The molecule has 1 saturated carbocycles. The highest BCUT2D eigenvalue weighted by Crippen LogP contribution is 2.50. The van der Waals surface area contributed by atoms with Gasteiger partial charge in [0.05, 0.1) is 22.1 Å². The quantitative estimate of drug-likeness (QED) is 0.513. The number of amidine groups is 1. The zero-order chi connectivity index (χ0) is 24.0. The van der Waals surface area contributed by atoms with Crippen LogP contribution in [0, 0.1) is 5.41 Å². The van der Waals surface area contributed by atoms with E-state index in [1.54, 1.807) is 6.07 Å². The lowest BCUT2D eigenvalue weighted by Gasteiger charge is -2.45. The van der Waals surface area contributed by atoms with E-state index in [2.05, 4.69) is 16.8 Å². The van der Waals surface area contributed by atoms with Crippen LogP contribution in [-0.2, 0) is 6.18 Å². The summed E-state index contributed by atoms with van der Waals surface area (Å²) in [5.74, 6) is 0.818. The summed E-state index contributed by atoms with van der Waals surface area (Å²) in [4.78, 5) is 12.6. The van der Waals surface area contributed by atoms with Gasteiger partial charge in [-0.2, -0.15) is 13.2 Å². The predicted molar refractivity (Wildman–Crippen MR) is 132 cm³/mol. The van der Waals surface area contributed by atoms with E-state index < -0.39 is 11.7 Å². The summed E-state index contributed by atoms with van der Waals surface area (Å²) >= 11 is 6.15. The molecule has 1 unspecified atom stereocenters. The topological polar surface area (TPSA) is 22.1 Å². The summed E-state index contributed by atoms with van der Waals surface area (Å²) in [6.07, 6.45) is 0.864. The van der Waals surface area contributed by atoms with Gasteiger partial charge in [-0.15, -0.1) is 0 Å². The molecule has 2 heterocycles. The first kappa shape index (κ1) is 24.6. The fraction of sp³-hybridized carbons (Fsp3) is 0.680. The van der Waals surface area contributed by atoms with Crippen molar-refractivity contribution in [2.24, 2.45) is 10.4 Å². The number of hydrogen-bond acceptors (Lipinski definition) is 4. The fourth-order valence-electron chi connectivity index (χ4n) is 5.60. The second kappa shape index (κ2) is 8.93. The summed E-state index contributed by atoms with van der Waals surface area (Å²) in [7, 11) is 2.13. The Morgan fingerprint density at radius 1 is 1.00 bits per heavy atom. The summed E-state index contributed by atoms with van der Waals surface area (Å²) < 4.78 is 40.7. The van der Waals surface area contributed by atoms with E-state index in [9.17, 15) is 13.2 Å². The first-order valence-corrected chi connectivity index (χ1v) is 12.4. The number of likely N-dealkylation sites (N-methyl/N-ethyl adjacent to an activating group) is 1. The first-order valence-electron chi connectivity index (χ1n) is 12.0. The van der Waals surface area contributed by atoms with E-state index in [0.717, 1.165) is 68.8 Å². The van der Waals surface area contributed by atoms with E-state index >= 15 is 0 Å². The van der Waals surface area contributed by atoms with Gasteiger partial charge in [-0.25, -0.2) is 0 Å². The van der Waals surface area contributed by atoms with Crippen molar-refractivity contribution in [2.75, 3.05) is 38.1 Å². The third kappa shape index (κ3) is 4.84. The minimum atomic E-state index is -4.40. The molecule has 0 aromatic heterocycles. The Kier molecular flexibility index (Phi) is 6.66. The molecule has 4 nitrogen and oxygen atoms in total. The van der Waals surface area contributed by atoms with E-state index in [-0.39, 0.29) is 17.0 Å². The maximum atomic E-state index is 13.6. The molecule has 182 valence electrons. The van der Waals surface area contributed by atoms with Gasteiger partial charge in [0.2, 0.25) is 0 Å². The van der Waals surface area contributed by atoms with Crippen molar-refractivity contribution in [3.63, 3.8) is 0 Å². The van der Waals surface area contributed by atoms with Crippen molar-refractivity contribution < 1.29 is 13.2 Å². The molecular weight excluding hydrogens is 445 g/mol. The van der Waals surface area contributed by atoms with Gasteiger partial charge in [0.1, 0.15) is 5.84 Å². The number of anilines is 1. The summed E-state index contributed by atoms with van der Waals surface area (Å²) in [5.41, 5.74) is -0.824. The van der Waals surface area contributed by atoms with Gasteiger partial charge in [0.15, 0.2) is 0 Å². The highest BCUT2D eigenvalue weighted by Gasteiger charge is 2.58. The van der Waals surface area contributed by atoms with Crippen LogP contribution in [-0.4, -0.2) is 65.4 Å². The van der Waals surface area contributed by atoms with Crippen molar-refractivity contribution >= 4 is 28.7 Å². The van der Waals surface area contributed by atoms with Crippen LogP contribution in [0.4, 0.5) is 18.9 Å². The SMILES string of the molecule is CN1CCN(C2C(=NC(C)(C)C)N(c3cccc(C(F)(F)F)c3)C(=S)C23CCCCC3)CC1. The molecule has 2 aliphatic heterocycles. The molecule has 1 aromatic rings. The highest BCUT2D eigenvalue weighted by atomic mass is 32.1. The molecule has 1 aliphatic carbocycles. The third-order valence-electron chi connectivity index (χ3n) is 7.16. The fourth-order valence-corrected chi connectivity index (χ4v) is 6.12. The Morgan fingerprint density at radius 2 is 1.64 bits per heavy atom. The molecule has 3 aliphatic rings. The number of alkyl halides is 3. The molecule has 0 N–H and O–H groups in total. The molecular formula is C25H35F3N4S. The Balaban J connectivity index is 1.87. The lowest BCUT2D eigenvalue weighted by molar-refractivity contribution is -0.137. The minimum absolute atomic E-state index is 0.00670. The first-order chi connectivity index (χ1) is 15.4. The van der Waals surface area contributed by atoms with Crippen LogP contribution in [0.3, 0.4) is 0 Å². The maximum absolute atomic E-state index is 13.6. The summed E-state index contributed by atoms with van der Waals surface area (Å²) in [5, 5.41) is 0. The molecule has 3 fully saturated rings. The van der Waals surface area contributed by atoms with E-state index in [4.69, 9.17) is 17.2 Å². The molecule has 8 heteroatoms. The zero-order valence-electron chi connectivity index (χ0n) is 20.1. The monoisotopic (exact) mass is 480 g/mol. The largest absolute Gasteiger partial charge is 0.416 e. The van der Waals surface area contributed by atoms with Crippen LogP contribution < -0.4 is 4.90 Å². The Morgan fingerprint density at radius 3 is 2.21 bits per heavy atom. The second-order valence-electron chi connectivity index (χ2n) is 10.8. The van der Waals surface area contributed by atoms with Gasteiger partial charge in [-0.3, -0.25) is 14.8 Å². The summed E-state index contributed by atoms with van der Waals surface area (Å²) in [6, 6.07) is 5.56. The average molecular weight is 481 g/mol. The van der Waals surface area contributed by atoms with Crippen LogP contribution in [0.2, 0.25) is 0 Å². The zero-order valence-corrected chi connectivity index (χ0v) is 20.9. The number of benzene rings is 1. The summed E-state index contributed by atoms with van der Waals surface area (Å²) in [6.45, 7) is 9.87. The van der Waals surface area contributed by atoms with Crippen LogP contribution in [0.1, 0.15) is 58.4 Å². The van der Waals surface area contributed by atoms with Crippen LogP contribution in [0.15, 0.2) is 29.3 Å². The maximum Gasteiger partial charge on any atom is 0.416 e. The van der Waals surface area contributed by atoms with Crippen LogP contribution in [0.5, 0.6) is 0 Å². The predicted octanol–water partition coefficient (Wildman–Crippen LogP) is 5.62. The molecule has 1 atom stereocenters. The number of aliphatic imine (C=N–C) groups is 1. The second-order valence-corrected chi connectivity index (χ2v) is 11.2. The van der Waals surface area contributed by atoms with Gasteiger partial charge in [0.25, 0.3) is 0 Å². The van der Waals surface area contributed by atoms with Crippen molar-refractivity contribution in [3.05, 3.63) is 29.8 Å². The van der Waals surface area contributed by atoms with Crippen molar-refractivity contribution in [1.82, 2.24) is 9.80 Å². The van der Waals surface area contributed by atoms with E-state index in [1.807, 2.05) is 25.7 Å². The molecule has 1 aromatic carbocycles. The van der Waals surface area contributed by atoms with Crippen molar-refractivity contribution in [3.8, 4) is 0 Å². The molecule has 2 saturated heterocycles. The normalized spacial score (nSPS) is 26.5. The Labute approximate surface area is 200 Å². The molecule has 0 radical (unpaired) electrons. The number of rotatable bonds is 2. The van der Waals surface area contributed by atoms with Gasteiger partial charge in [0, 0.05) is 37.3 Å². The van der Waals surface area contributed by atoms with Gasteiger partial charge in [-0.05, 0) is 58.9 Å². The Bertz CT molecular complexity index is 907. The van der Waals surface area contributed by atoms with Gasteiger partial charge in [-0.1, -0.05) is 37.5 Å². The molecule has 4 rings (SSSR count). The molecule has 0 bridgehead atoms. The highest BCUT2D eigenvalue weighted by molar-refractivity contribution is 7.80. The molecule has 1 spiro atoms. The number of halogens is 3. The van der Waals surface area contributed by atoms with Crippen molar-refractivity contribution in [1.29, 1.82) is 0 Å². The standard InChI is InChI=1S/C25H35F3N4S/c1-23(2,3)29-21-20(31-15-13-30(4)14-16-31)24(11-6-5-7-12-24)22(33)32(21)19-10-8-9-18(17-19)25(26,27)28/h8-10,17,20H,5-7,11-16H2,1-4H3. The minimum Gasteiger partial charge on any atom is -0.304 e. The number of hydrogen-bond donors (Lipinski definition) is 0. The lowest BCUT2D eigenvalue weighted by Crippen LogP contribution is -2.57. The van der Waals surface area contributed by atoms with Crippen LogP contribution >= 0.6 is 12.2 Å². The van der Waals surface area contributed by atoms with E-state index in [1.165, 1.54) is 18.6 Å². The van der Waals surface area contributed by atoms with Crippen molar-refractivity contribution in [2.45, 2.75) is 70.6 Å². The Hall–Kier alpha value is -1.51. The number of nitrogens with zero attached hydrogens (tertiary/aromatic N) is 4. The number of thiocarbonyl (C=S) groups is 1.